The zero-order chi connectivity index (χ0) is 19.9. The lowest BCUT2D eigenvalue weighted by molar-refractivity contribution is -0.141. The van der Waals surface area contributed by atoms with Crippen molar-refractivity contribution in [3.63, 3.8) is 0 Å². The van der Waals surface area contributed by atoms with Crippen molar-refractivity contribution in [1.29, 1.82) is 0 Å². The normalized spacial score (nSPS) is 13.1. The molecule has 28 heavy (non-hydrogen) atoms. The maximum absolute atomic E-state index is 12.6. The van der Waals surface area contributed by atoms with Gasteiger partial charge in [-0.3, -0.25) is 4.79 Å². The highest BCUT2D eigenvalue weighted by Gasteiger charge is 2.27. The third-order valence-corrected chi connectivity index (χ3v) is 4.09. The molecule has 0 aliphatic carbocycles. The van der Waals surface area contributed by atoms with Gasteiger partial charge in [0.1, 0.15) is 17.4 Å². The Morgan fingerprint density at radius 2 is 1.54 bits per heavy atom. The molecule has 2 aromatic rings. The Hall–Kier alpha value is -2.97. The van der Waals surface area contributed by atoms with Gasteiger partial charge >= 0.3 is 5.97 Å². The zero-order valence-corrected chi connectivity index (χ0v) is 15.9. The summed E-state index contributed by atoms with van der Waals surface area (Å²) in [7, 11) is 4.39. The number of benzene rings is 2. The van der Waals surface area contributed by atoms with E-state index < -0.39 is 11.9 Å². The minimum Gasteiger partial charge on any atom is -0.468 e. The average Bonchev–Trinajstić information content (AvgIpc) is 3.18. The second-order valence-electron chi connectivity index (χ2n) is 5.91. The van der Waals surface area contributed by atoms with Crippen molar-refractivity contribution in [3.05, 3.63) is 47.5 Å². The minimum absolute atomic E-state index is 0.0556. The number of carbonyl (C=O) groups excluding carboxylic acids is 1. The Balaban J connectivity index is 2.02. The van der Waals surface area contributed by atoms with Gasteiger partial charge in [-0.1, -0.05) is 6.07 Å². The topological polar surface area (TPSA) is 81.7 Å². The number of carbonyl (C=O) groups is 1. The highest BCUT2D eigenvalue weighted by atomic mass is 16.7. The van der Waals surface area contributed by atoms with Crippen LogP contribution in [0.25, 0.3) is 0 Å². The van der Waals surface area contributed by atoms with Crippen molar-refractivity contribution in [2.24, 2.45) is 0 Å². The Morgan fingerprint density at radius 1 is 0.893 bits per heavy atom. The van der Waals surface area contributed by atoms with Gasteiger partial charge in [0.25, 0.3) is 0 Å². The molecule has 0 amide bonds. The fourth-order valence-corrected chi connectivity index (χ4v) is 2.86. The first-order valence-electron chi connectivity index (χ1n) is 8.52. The first-order chi connectivity index (χ1) is 13.7. The lowest BCUT2D eigenvalue weighted by Gasteiger charge is -2.18. The fraction of sp³-hybridized carbons (Fsp3) is 0.350. The van der Waals surface area contributed by atoms with E-state index in [0.29, 0.717) is 34.1 Å². The van der Waals surface area contributed by atoms with Gasteiger partial charge in [-0.05, 0) is 35.4 Å². The molecule has 0 radical (unpaired) electrons. The van der Waals surface area contributed by atoms with Gasteiger partial charge in [0.2, 0.25) is 6.79 Å². The van der Waals surface area contributed by atoms with E-state index in [9.17, 15) is 4.79 Å². The molecule has 8 nitrogen and oxygen atoms in total. The quantitative estimate of drug-likeness (QED) is 0.478. The van der Waals surface area contributed by atoms with E-state index in [2.05, 4.69) is 0 Å². The summed E-state index contributed by atoms with van der Waals surface area (Å²) >= 11 is 0. The smallest absolute Gasteiger partial charge is 0.317 e. The SMILES string of the molecule is COCOc1cc(OCOC)cc(C(C(=O)OC)c2ccc3c(c2)OCO3)c1. The molecule has 3 rings (SSSR count). The molecule has 1 aliphatic rings. The molecule has 1 heterocycles. The number of ether oxygens (including phenoxy) is 7. The first-order valence-corrected chi connectivity index (χ1v) is 8.52. The van der Waals surface area contributed by atoms with Crippen LogP contribution in [-0.4, -0.2) is 47.7 Å². The predicted octanol–water partition coefficient (Wildman–Crippen LogP) is 2.69. The van der Waals surface area contributed by atoms with Crippen molar-refractivity contribution in [2.75, 3.05) is 41.7 Å². The van der Waals surface area contributed by atoms with Crippen molar-refractivity contribution >= 4 is 5.97 Å². The largest absolute Gasteiger partial charge is 0.468 e. The highest BCUT2D eigenvalue weighted by Crippen LogP contribution is 2.38. The molecular formula is C20H22O8. The van der Waals surface area contributed by atoms with E-state index in [-0.39, 0.29) is 20.4 Å². The van der Waals surface area contributed by atoms with Gasteiger partial charge in [-0.15, -0.1) is 0 Å². The lowest BCUT2D eigenvalue weighted by Crippen LogP contribution is -2.16. The van der Waals surface area contributed by atoms with Crippen molar-refractivity contribution in [2.45, 2.75) is 5.92 Å². The van der Waals surface area contributed by atoms with E-state index in [1.54, 1.807) is 36.4 Å². The molecule has 0 N–H and O–H groups in total. The lowest BCUT2D eigenvalue weighted by atomic mass is 9.90. The molecule has 1 unspecified atom stereocenters. The van der Waals surface area contributed by atoms with E-state index in [0.717, 1.165) is 0 Å². The molecule has 8 heteroatoms. The second-order valence-corrected chi connectivity index (χ2v) is 5.91. The van der Waals surface area contributed by atoms with Crippen LogP contribution < -0.4 is 18.9 Å². The molecule has 0 spiro atoms. The molecule has 0 bridgehead atoms. The zero-order valence-electron chi connectivity index (χ0n) is 15.9. The summed E-state index contributed by atoms with van der Waals surface area (Å²) < 4.78 is 36.8. The van der Waals surface area contributed by atoms with Crippen LogP contribution in [0.3, 0.4) is 0 Å². The van der Waals surface area contributed by atoms with Crippen LogP contribution in [0, 0.1) is 0 Å². The summed E-state index contributed by atoms with van der Waals surface area (Å²) in [5, 5.41) is 0. The number of rotatable bonds is 9. The Labute approximate surface area is 162 Å². The Morgan fingerprint density at radius 3 is 2.14 bits per heavy atom. The molecule has 1 aliphatic heterocycles. The second kappa shape index (κ2) is 9.29. The van der Waals surface area contributed by atoms with Gasteiger partial charge in [0.05, 0.1) is 7.11 Å². The maximum Gasteiger partial charge on any atom is 0.317 e. The van der Waals surface area contributed by atoms with E-state index in [1.165, 1.54) is 21.3 Å². The van der Waals surface area contributed by atoms with Crippen molar-refractivity contribution in [1.82, 2.24) is 0 Å². The molecule has 2 aromatic carbocycles. The molecule has 0 fully saturated rings. The van der Waals surface area contributed by atoms with E-state index in [1.807, 2.05) is 0 Å². The molecule has 150 valence electrons. The summed E-state index contributed by atoms with van der Waals surface area (Å²) in [5.41, 5.74) is 1.32. The summed E-state index contributed by atoms with van der Waals surface area (Å²) in [6.07, 6.45) is 0. The van der Waals surface area contributed by atoms with Crippen LogP contribution in [0.5, 0.6) is 23.0 Å². The molecule has 1 atom stereocenters. The van der Waals surface area contributed by atoms with Gasteiger partial charge in [0, 0.05) is 20.3 Å². The first kappa shape index (κ1) is 19.8. The molecular weight excluding hydrogens is 368 g/mol. The Bertz CT molecular complexity index is 794. The van der Waals surface area contributed by atoms with Crippen LogP contribution in [0.2, 0.25) is 0 Å². The third kappa shape index (κ3) is 4.47. The monoisotopic (exact) mass is 390 g/mol. The van der Waals surface area contributed by atoms with Crippen molar-refractivity contribution < 1.29 is 38.0 Å². The predicted molar refractivity (Wildman–Crippen MR) is 97.9 cm³/mol. The highest BCUT2D eigenvalue weighted by molar-refractivity contribution is 5.83. The van der Waals surface area contributed by atoms with Crippen LogP contribution in [0.4, 0.5) is 0 Å². The van der Waals surface area contributed by atoms with E-state index >= 15 is 0 Å². The fourth-order valence-electron chi connectivity index (χ4n) is 2.86. The van der Waals surface area contributed by atoms with Gasteiger partial charge < -0.3 is 33.2 Å². The maximum atomic E-state index is 12.6. The molecule has 0 saturated carbocycles. The van der Waals surface area contributed by atoms with Crippen molar-refractivity contribution in [3.8, 4) is 23.0 Å². The van der Waals surface area contributed by atoms with Crippen LogP contribution in [0.1, 0.15) is 17.0 Å². The number of methoxy groups -OCH3 is 3. The molecule has 0 aromatic heterocycles. The summed E-state index contributed by atoms with van der Waals surface area (Å²) in [4.78, 5) is 12.6. The summed E-state index contributed by atoms with van der Waals surface area (Å²) in [5.74, 6) is 1.04. The Kier molecular flexibility index (Phi) is 6.57. The van der Waals surface area contributed by atoms with Gasteiger partial charge in [-0.25, -0.2) is 0 Å². The third-order valence-electron chi connectivity index (χ3n) is 4.09. The van der Waals surface area contributed by atoms with Crippen LogP contribution in [0.15, 0.2) is 36.4 Å². The summed E-state index contributed by atoms with van der Waals surface area (Å²) in [6, 6.07) is 10.5. The van der Waals surface area contributed by atoms with Gasteiger partial charge in [0.15, 0.2) is 25.1 Å². The number of hydrogen-bond acceptors (Lipinski definition) is 8. The number of hydrogen-bond donors (Lipinski definition) is 0. The van der Waals surface area contributed by atoms with Crippen LogP contribution >= 0.6 is 0 Å². The van der Waals surface area contributed by atoms with Crippen LogP contribution in [-0.2, 0) is 19.0 Å². The van der Waals surface area contributed by atoms with Gasteiger partial charge in [-0.2, -0.15) is 0 Å². The number of esters is 1. The standard InChI is InChI=1S/C20H22O8/c1-22-10-25-15-6-14(7-16(9-15)26-11-23-2)19(20(21)24-3)13-4-5-17-18(8-13)28-12-27-17/h4-9,19H,10-12H2,1-3H3. The summed E-state index contributed by atoms with van der Waals surface area (Å²) in [6.45, 7) is 0.261. The number of fused-ring (bicyclic) bond motifs is 1. The van der Waals surface area contributed by atoms with E-state index in [4.69, 9.17) is 33.2 Å². The average molecular weight is 390 g/mol. The molecule has 0 saturated heterocycles. The minimum atomic E-state index is -0.713.